The molecule has 126 valence electrons. The van der Waals surface area contributed by atoms with Crippen LogP contribution in [0.2, 0.25) is 0 Å². The monoisotopic (exact) mass is 326 g/mol. The maximum atomic E-state index is 10.7. The lowest BCUT2D eigenvalue weighted by Gasteiger charge is -2.41. The van der Waals surface area contributed by atoms with Gasteiger partial charge >= 0.3 is 0 Å². The van der Waals surface area contributed by atoms with Crippen LogP contribution >= 0.6 is 0 Å². The molecule has 6 nitrogen and oxygen atoms in total. The third-order valence-corrected chi connectivity index (χ3v) is 4.57. The third-order valence-electron chi connectivity index (χ3n) is 4.57. The molecule has 0 aliphatic carbocycles. The van der Waals surface area contributed by atoms with Gasteiger partial charge in [-0.05, 0) is 18.1 Å². The normalized spacial score (nSPS) is 18.5. The molecule has 6 heteroatoms. The van der Waals surface area contributed by atoms with Gasteiger partial charge in [0.1, 0.15) is 12.0 Å². The zero-order chi connectivity index (χ0) is 16.9. The minimum Gasteiger partial charge on any atom is -0.354 e. The van der Waals surface area contributed by atoms with Gasteiger partial charge in [0.15, 0.2) is 0 Å². The number of hydrogen-bond donors (Lipinski definition) is 0. The number of rotatable bonds is 5. The van der Waals surface area contributed by atoms with Crippen molar-refractivity contribution in [1.29, 1.82) is 0 Å². The lowest BCUT2D eigenvalue weighted by atomic mass is 10.1. The van der Waals surface area contributed by atoms with E-state index in [-0.39, 0.29) is 5.69 Å². The fraction of sp³-hybridized carbons (Fsp3) is 0.389. The zero-order valence-electron chi connectivity index (χ0n) is 13.8. The van der Waals surface area contributed by atoms with E-state index in [0.717, 1.165) is 38.4 Å². The molecule has 0 bridgehead atoms. The summed E-state index contributed by atoms with van der Waals surface area (Å²) in [5, 5.41) is 10.7. The number of anilines is 1. The molecule has 1 aliphatic heterocycles. The fourth-order valence-corrected chi connectivity index (χ4v) is 3.19. The number of aromatic nitrogens is 1. The molecule has 2 aromatic rings. The standard InChI is InChI=1S/C18H22N4O2/c1-2-16-14-21(18-9-8-17(12-19-18)22(23)24)11-10-20(16)13-15-6-4-3-5-7-15/h3-9,12,16H,2,10-11,13-14H2,1H3. The summed E-state index contributed by atoms with van der Waals surface area (Å²) in [4.78, 5) is 19.3. The molecular weight excluding hydrogens is 304 g/mol. The first-order valence-electron chi connectivity index (χ1n) is 8.30. The Morgan fingerprint density at radius 3 is 2.62 bits per heavy atom. The number of nitrogens with zero attached hydrogens (tertiary/aromatic N) is 4. The van der Waals surface area contributed by atoms with Crippen LogP contribution in [0.25, 0.3) is 0 Å². The highest BCUT2D eigenvalue weighted by molar-refractivity contribution is 5.43. The Balaban J connectivity index is 1.67. The molecule has 0 radical (unpaired) electrons. The fourth-order valence-electron chi connectivity index (χ4n) is 3.19. The summed E-state index contributed by atoms with van der Waals surface area (Å²) in [5.74, 6) is 0.818. The summed E-state index contributed by atoms with van der Waals surface area (Å²) >= 11 is 0. The molecule has 1 fully saturated rings. The van der Waals surface area contributed by atoms with Crippen molar-refractivity contribution in [3.8, 4) is 0 Å². The van der Waals surface area contributed by atoms with Crippen molar-refractivity contribution in [1.82, 2.24) is 9.88 Å². The Morgan fingerprint density at radius 2 is 2.00 bits per heavy atom. The topological polar surface area (TPSA) is 62.5 Å². The summed E-state index contributed by atoms with van der Waals surface area (Å²) in [6.07, 6.45) is 2.41. The van der Waals surface area contributed by atoms with Gasteiger partial charge in [-0.3, -0.25) is 15.0 Å². The number of pyridine rings is 1. The number of piperazine rings is 1. The highest BCUT2D eigenvalue weighted by Crippen LogP contribution is 2.22. The second-order valence-corrected chi connectivity index (χ2v) is 6.10. The predicted molar refractivity (Wildman–Crippen MR) is 94.0 cm³/mol. The van der Waals surface area contributed by atoms with Crippen molar-refractivity contribution < 1.29 is 4.92 Å². The van der Waals surface area contributed by atoms with Crippen molar-refractivity contribution in [3.63, 3.8) is 0 Å². The van der Waals surface area contributed by atoms with E-state index in [1.807, 2.05) is 6.07 Å². The van der Waals surface area contributed by atoms with Gasteiger partial charge in [0, 0.05) is 38.3 Å². The largest absolute Gasteiger partial charge is 0.354 e. The summed E-state index contributed by atoms with van der Waals surface area (Å²) < 4.78 is 0. The smallest absolute Gasteiger partial charge is 0.287 e. The molecule has 1 unspecified atom stereocenters. The molecule has 0 N–H and O–H groups in total. The molecule has 1 aromatic carbocycles. The lowest BCUT2D eigenvalue weighted by Crippen LogP contribution is -2.52. The highest BCUT2D eigenvalue weighted by atomic mass is 16.6. The van der Waals surface area contributed by atoms with Crippen molar-refractivity contribution in [2.75, 3.05) is 24.5 Å². The van der Waals surface area contributed by atoms with Gasteiger partial charge in [-0.15, -0.1) is 0 Å². The van der Waals surface area contributed by atoms with Crippen LogP contribution in [0.3, 0.4) is 0 Å². The Bertz CT molecular complexity index is 675. The molecular formula is C18H22N4O2. The Labute approximate surface area is 141 Å². The first-order valence-corrected chi connectivity index (χ1v) is 8.30. The van der Waals surface area contributed by atoms with E-state index >= 15 is 0 Å². The van der Waals surface area contributed by atoms with Crippen LogP contribution in [-0.2, 0) is 6.54 Å². The molecule has 24 heavy (non-hydrogen) atoms. The molecule has 2 heterocycles. The van der Waals surface area contributed by atoms with Crippen LogP contribution in [0.4, 0.5) is 11.5 Å². The molecule has 1 atom stereocenters. The second-order valence-electron chi connectivity index (χ2n) is 6.10. The maximum absolute atomic E-state index is 10.7. The molecule has 3 rings (SSSR count). The van der Waals surface area contributed by atoms with Crippen LogP contribution < -0.4 is 4.90 Å². The molecule has 0 saturated carbocycles. The van der Waals surface area contributed by atoms with Crippen molar-refractivity contribution in [3.05, 3.63) is 64.3 Å². The summed E-state index contributed by atoms with van der Waals surface area (Å²) in [6, 6.07) is 14.3. The first-order chi connectivity index (χ1) is 11.7. The van der Waals surface area contributed by atoms with E-state index in [0.29, 0.717) is 6.04 Å². The lowest BCUT2D eigenvalue weighted by molar-refractivity contribution is -0.385. The summed E-state index contributed by atoms with van der Waals surface area (Å²) in [5.41, 5.74) is 1.37. The number of benzene rings is 1. The van der Waals surface area contributed by atoms with Crippen molar-refractivity contribution in [2.45, 2.75) is 25.9 Å². The number of hydrogen-bond acceptors (Lipinski definition) is 5. The van der Waals surface area contributed by atoms with Crippen molar-refractivity contribution >= 4 is 11.5 Å². The van der Waals surface area contributed by atoms with Crippen molar-refractivity contribution in [2.24, 2.45) is 0 Å². The van der Waals surface area contributed by atoms with Gasteiger partial charge in [0.25, 0.3) is 5.69 Å². The van der Waals surface area contributed by atoms with E-state index in [4.69, 9.17) is 0 Å². The highest BCUT2D eigenvalue weighted by Gasteiger charge is 2.26. The maximum Gasteiger partial charge on any atom is 0.287 e. The van der Waals surface area contributed by atoms with Gasteiger partial charge in [-0.2, -0.15) is 0 Å². The van der Waals surface area contributed by atoms with Gasteiger partial charge in [-0.1, -0.05) is 37.3 Å². The Morgan fingerprint density at radius 1 is 1.21 bits per heavy atom. The van der Waals surface area contributed by atoms with Gasteiger partial charge in [-0.25, -0.2) is 4.98 Å². The third kappa shape index (κ3) is 3.71. The average Bonchev–Trinajstić information content (AvgIpc) is 2.63. The van der Waals surface area contributed by atoms with Gasteiger partial charge in [0.05, 0.1) is 4.92 Å². The van der Waals surface area contributed by atoms with Crippen LogP contribution in [0.5, 0.6) is 0 Å². The van der Waals surface area contributed by atoms with Crippen LogP contribution in [-0.4, -0.2) is 40.5 Å². The van der Waals surface area contributed by atoms with Crippen LogP contribution in [0, 0.1) is 10.1 Å². The van der Waals surface area contributed by atoms with E-state index < -0.39 is 4.92 Å². The van der Waals surface area contributed by atoms with Gasteiger partial charge < -0.3 is 4.90 Å². The quantitative estimate of drug-likeness (QED) is 0.624. The molecule has 1 saturated heterocycles. The Hall–Kier alpha value is -2.47. The van der Waals surface area contributed by atoms with E-state index in [1.165, 1.54) is 17.8 Å². The Kier molecular flexibility index (Phi) is 5.05. The first kappa shape index (κ1) is 16.4. The predicted octanol–water partition coefficient (Wildman–Crippen LogP) is 3.09. The minimum absolute atomic E-state index is 0.0357. The van der Waals surface area contributed by atoms with E-state index in [1.54, 1.807) is 6.07 Å². The van der Waals surface area contributed by atoms with E-state index in [9.17, 15) is 10.1 Å². The molecule has 1 aromatic heterocycles. The second kappa shape index (κ2) is 7.40. The zero-order valence-corrected chi connectivity index (χ0v) is 13.8. The van der Waals surface area contributed by atoms with Gasteiger partial charge in [0.2, 0.25) is 0 Å². The average molecular weight is 326 g/mol. The van der Waals surface area contributed by atoms with Crippen LogP contribution in [0.15, 0.2) is 48.7 Å². The molecule has 0 amide bonds. The summed E-state index contributed by atoms with van der Waals surface area (Å²) in [6.45, 7) is 5.91. The summed E-state index contributed by atoms with van der Waals surface area (Å²) in [7, 11) is 0. The minimum atomic E-state index is -0.413. The SMILES string of the molecule is CCC1CN(c2ccc([N+](=O)[O-])cn2)CCN1Cc1ccccc1. The van der Waals surface area contributed by atoms with E-state index in [2.05, 4.69) is 46.0 Å². The number of nitro groups is 1. The molecule has 0 spiro atoms. The molecule has 1 aliphatic rings. The van der Waals surface area contributed by atoms with Crippen LogP contribution in [0.1, 0.15) is 18.9 Å².